The van der Waals surface area contributed by atoms with Gasteiger partial charge in [-0.15, -0.1) is 0 Å². The lowest BCUT2D eigenvalue weighted by Crippen LogP contribution is -2.18. The lowest BCUT2D eigenvalue weighted by molar-refractivity contribution is -0.113. The van der Waals surface area contributed by atoms with Gasteiger partial charge in [0.1, 0.15) is 0 Å². The van der Waals surface area contributed by atoms with Gasteiger partial charge >= 0.3 is 0 Å². The summed E-state index contributed by atoms with van der Waals surface area (Å²) in [6.07, 6.45) is 0.945. The Morgan fingerprint density at radius 3 is 2.89 bits per heavy atom. The fraction of sp³-hybridized carbons (Fsp3) is 0.462. The van der Waals surface area contributed by atoms with Gasteiger partial charge in [0, 0.05) is 15.3 Å². The second-order valence-corrected chi connectivity index (χ2v) is 6.68. The van der Waals surface area contributed by atoms with E-state index in [1.807, 2.05) is 26.0 Å². The van der Waals surface area contributed by atoms with E-state index in [0.717, 1.165) is 23.4 Å². The Hall–Kier alpha value is -0.270. The summed E-state index contributed by atoms with van der Waals surface area (Å²) in [5.74, 6) is 1.46. The molecule has 0 aliphatic heterocycles. The maximum atomic E-state index is 11.7. The lowest BCUT2D eigenvalue weighted by atomic mass is 10.2. The summed E-state index contributed by atoms with van der Waals surface area (Å²) < 4.78 is 1.18. The van der Waals surface area contributed by atoms with Crippen molar-refractivity contribution >= 4 is 45.9 Å². The van der Waals surface area contributed by atoms with Gasteiger partial charge in [-0.3, -0.25) is 4.79 Å². The molecule has 0 saturated carbocycles. The second-order valence-electron chi connectivity index (χ2n) is 4.33. The van der Waals surface area contributed by atoms with Gasteiger partial charge < -0.3 is 11.1 Å². The number of carbonyl (C=O) groups is 1. The SMILES string of the molecule is Cc1cc(I)ccc1NC(=O)CSCCC(C)N. The molecule has 0 spiro atoms. The molecule has 0 bridgehead atoms. The first kappa shape index (κ1) is 15.8. The van der Waals surface area contributed by atoms with E-state index in [1.54, 1.807) is 11.8 Å². The fourth-order valence-corrected chi connectivity index (χ4v) is 2.97. The van der Waals surface area contributed by atoms with Crippen molar-refractivity contribution in [2.24, 2.45) is 5.73 Å². The zero-order chi connectivity index (χ0) is 13.5. The predicted molar refractivity (Wildman–Crippen MR) is 88.1 cm³/mol. The van der Waals surface area contributed by atoms with Gasteiger partial charge in [0.2, 0.25) is 5.91 Å². The van der Waals surface area contributed by atoms with Gasteiger partial charge in [-0.05, 0) is 72.4 Å². The maximum absolute atomic E-state index is 11.7. The topological polar surface area (TPSA) is 55.1 Å². The normalized spacial score (nSPS) is 12.2. The molecule has 3 nitrogen and oxygen atoms in total. The summed E-state index contributed by atoms with van der Waals surface area (Å²) in [7, 11) is 0. The minimum absolute atomic E-state index is 0.0500. The Morgan fingerprint density at radius 2 is 2.28 bits per heavy atom. The van der Waals surface area contributed by atoms with Crippen molar-refractivity contribution in [3.05, 3.63) is 27.3 Å². The van der Waals surface area contributed by atoms with Gasteiger partial charge in [0.25, 0.3) is 0 Å². The first-order valence-corrected chi connectivity index (χ1v) is 8.11. The molecule has 18 heavy (non-hydrogen) atoms. The second kappa shape index (κ2) is 8.01. The van der Waals surface area contributed by atoms with Gasteiger partial charge in [-0.2, -0.15) is 11.8 Å². The number of nitrogens with one attached hydrogen (secondary N) is 1. The highest BCUT2D eigenvalue weighted by Crippen LogP contribution is 2.18. The fourth-order valence-electron chi connectivity index (χ4n) is 1.39. The summed E-state index contributed by atoms with van der Waals surface area (Å²) in [6, 6.07) is 6.20. The molecule has 1 aromatic carbocycles. The van der Waals surface area contributed by atoms with Crippen molar-refractivity contribution < 1.29 is 4.79 Å². The van der Waals surface area contributed by atoms with Crippen LogP contribution in [0.5, 0.6) is 0 Å². The quantitative estimate of drug-likeness (QED) is 0.591. The van der Waals surface area contributed by atoms with Crippen LogP contribution in [0.1, 0.15) is 18.9 Å². The molecule has 0 aliphatic carbocycles. The van der Waals surface area contributed by atoms with E-state index in [9.17, 15) is 4.79 Å². The van der Waals surface area contributed by atoms with Crippen molar-refractivity contribution in [3.8, 4) is 0 Å². The van der Waals surface area contributed by atoms with Crippen molar-refractivity contribution in [2.75, 3.05) is 16.8 Å². The molecule has 1 amide bonds. The van der Waals surface area contributed by atoms with Crippen LogP contribution in [0.15, 0.2) is 18.2 Å². The molecule has 100 valence electrons. The van der Waals surface area contributed by atoms with Gasteiger partial charge in [-0.1, -0.05) is 0 Å². The largest absolute Gasteiger partial charge is 0.328 e. The molecule has 0 heterocycles. The summed E-state index contributed by atoms with van der Waals surface area (Å²) >= 11 is 3.89. The predicted octanol–water partition coefficient (Wildman–Crippen LogP) is 3.01. The van der Waals surface area contributed by atoms with E-state index in [0.29, 0.717) is 5.75 Å². The third-order valence-electron chi connectivity index (χ3n) is 2.41. The van der Waals surface area contributed by atoms with E-state index in [-0.39, 0.29) is 11.9 Å². The molecule has 1 atom stereocenters. The zero-order valence-corrected chi connectivity index (χ0v) is 13.7. The number of rotatable bonds is 6. The van der Waals surface area contributed by atoms with Crippen LogP contribution >= 0.6 is 34.4 Å². The standard InChI is InChI=1S/C13H19IN2OS/c1-9-7-11(14)3-4-12(9)16-13(17)8-18-6-5-10(2)15/h3-4,7,10H,5-6,8,15H2,1-2H3,(H,16,17). The number of carbonyl (C=O) groups excluding carboxylic acids is 1. The molecule has 0 fully saturated rings. The van der Waals surface area contributed by atoms with E-state index >= 15 is 0 Å². The van der Waals surface area contributed by atoms with Gasteiger partial charge in [0.15, 0.2) is 0 Å². The molecule has 0 saturated heterocycles. The molecule has 1 aromatic rings. The van der Waals surface area contributed by atoms with Gasteiger partial charge in [-0.25, -0.2) is 0 Å². The number of thioether (sulfide) groups is 1. The van der Waals surface area contributed by atoms with Crippen molar-refractivity contribution in [2.45, 2.75) is 26.3 Å². The summed E-state index contributed by atoms with van der Waals surface area (Å²) in [5.41, 5.74) is 7.64. The molecular formula is C13H19IN2OS. The maximum Gasteiger partial charge on any atom is 0.234 e. The Morgan fingerprint density at radius 1 is 1.56 bits per heavy atom. The average Bonchev–Trinajstić information content (AvgIpc) is 2.28. The highest BCUT2D eigenvalue weighted by atomic mass is 127. The number of aryl methyl sites for hydroxylation is 1. The molecule has 0 aromatic heterocycles. The van der Waals surface area contributed by atoms with E-state index in [2.05, 4.69) is 34.0 Å². The number of hydrogen-bond acceptors (Lipinski definition) is 3. The lowest BCUT2D eigenvalue weighted by Gasteiger charge is -2.09. The van der Waals surface area contributed by atoms with Crippen LogP contribution in [-0.4, -0.2) is 23.5 Å². The highest BCUT2D eigenvalue weighted by Gasteiger charge is 2.05. The van der Waals surface area contributed by atoms with Crippen LogP contribution in [0.25, 0.3) is 0 Å². The smallest absolute Gasteiger partial charge is 0.234 e. The Bertz CT molecular complexity index is 410. The Balaban J connectivity index is 2.35. The first-order chi connectivity index (χ1) is 8.49. The van der Waals surface area contributed by atoms with Crippen LogP contribution in [0.3, 0.4) is 0 Å². The Kier molecular flexibility index (Phi) is 7.03. The van der Waals surface area contributed by atoms with Crippen molar-refractivity contribution in [1.82, 2.24) is 0 Å². The first-order valence-electron chi connectivity index (χ1n) is 5.88. The molecule has 1 unspecified atom stereocenters. The highest BCUT2D eigenvalue weighted by molar-refractivity contribution is 14.1. The third-order valence-corrected chi connectivity index (χ3v) is 4.07. The van der Waals surface area contributed by atoms with Crippen LogP contribution in [0, 0.1) is 10.5 Å². The number of hydrogen-bond donors (Lipinski definition) is 2. The van der Waals surface area contributed by atoms with Crippen molar-refractivity contribution in [1.29, 1.82) is 0 Å². The Labute approximate surface area is 126 Å². The number of amides is 1. The number of anilines is 1. The average molecular weight is 378 g/mol. The summed E-state index contributed by atoms with van der Waals surface area (Å²) in [4.78, 5) is 11.7. The number of nitrogens with two attached hydrogens (primary N) is 1. The monoisotopic (exact) mass is 378 g/mol. The van der Waals surface area contributed by atoms with E-state index in [4.69, 9.17) is 5.73 Å². The van der Waals surface area contributed by atoms with Crippen molar-refractivity contribution in [3.63, 3.8) is 0 Å². The molecule has 3 N–H and O–H groups in total. The molecule has 1 rings (SSSR count). The summed E-state index contributed by atoms with van der Waals surface area (Å²) in [5, 5.41) is 2.93. The van der Waals surface area contributed by atoms with Crippen LogP contribution < -0.4 is 11.1 Å². The third kappa shape index (κ3) is 6.06. The number of benzene rings is 1. The molecule has 0 aliphatic rings. The zero-order valence-electron chi connectivity index (χ0n) is 10.7. The van der Waals surface area contributed by atoms with E-state index < -0.39 is 0 Å². The van der Waals surface area contributed by atoms with Crippen LogP contribution in [0.4, 0.5) is 5.69 Å². The van der Waals surface area contributed by atoms with Crippen LogP contribution in [0.2, 0.25) is 0 Å². The van der Waals surface area contributed by atoms with Crippen LogP contribution in [-0.2, 0) is 4.79 Å². The molecule has 0 radical (unpaired) electrons. The van der Waals surface area contributed by atoms with Gasteiger partial charge in [0.05, 0.1) is 5.75 Å². The molecule has 5 heteroatoms. The minimum Gasteiger partial charge on any atom is -0.328 e. The minimum atomic E-state index is 0.0500. The summed E-state index contributed by atoms with van der Waals surface area (Å²) in [6.45, 7) is 3.98. The molecular weight excluding hydrogens is 359 g/mol. The van der Waals surface area contributed by atoms with E-state index in [1.165, 1.54) is 3.57 Å². The number of halogens is 1.